The predicted molar refractivity (Wildman–Crippen MR) is 123 cm³/mol. The van der Waals surface area contributed by atoms with Crippen LogP contribution in [0, 0.1) is 36.8 Å². The maximum atomic E-state index is 14.4. The van der Waals surface area contributed by atoms with Gasteiger partial charge in [-0.3, -0.25) is 0 Å². The number of allylic oxidation sites excluding steroid dienone is 2. The largest absolute Gasteiger partial charge is 0.242 e. The summed E-state index contributed by atoms with van der Waals surface area (Å²) in [7, 11) is 0. The molecule has 0 saturated carbocycles. The highest BCUT2D eigenvalue weighted by Crippen LogP contribution is 2.29. The van der Waals surface area contributed by atoms with Gasteiger partial charge in [0.15, 0.2) is 11.6 Å². The molecular formula is C26H28F2N4. The van der Waals surface area contributed by atoms with Crippen LogP contribution in [0.1, 0.15) is 62.2 Å². The Hall–Kier alpha value is -3.33. The Morgan fingerprint density at radius 1 is 1.09 bits per heavy atom. The van der Waals surface area contributed by atoms with Crippen molar-refractivity contribution in [2.45, 2.75) is 59.9 Å². The zero-order chi connectivity index (χ0) is 23.4. The number of benzene rings is 2. The second-order valence-electron chi connectivity index (χ2n) is 8.20. The molecule has 1 atom stereocenters. The lowest BCUT2D eigenvalue weighted by Crippen LogP contribution is -2.10. The normalized spacial score (nSPS) is 12.9. The van der Waals surface area contributed by atoms with Crippen molar-refractivity contribution in [2.24, 2.45) is 0 Å². The summed E-state index contributed by atoms with van der Waals surface area (Å²) < 4.78 is 30.4. The molecule has 0 bridgehead atoms. The van der Waals surface area contributed by atoms with E-state index in [4.69, 9.17) is 0 Å². The van der Waals surface area contributed by atoms with E-state index in [-0.39, 0.29) is 17.4 Å². The number of aromatic nitrogens is 3. The number of halogens is 2. The van der Waals surface area contributed by atoms with Crippen LogP contribution in [0.3, 0.4) is 0 Å². The Kier molecular flexibility index (Phi) is 7.19. The van der Waals surface area contributed by atoms with Crippen LogP contribution in [0.5, 0.6) is 0 Å². The predicted octanol–water partition coefficient (Wildman–Crippen LogP) is 6.74. The standard InChI is InChI=1S/C26H28F2N4/c1-6-19(5)32-26(30-25(31-32)24-22(27)11-8-12-23(24)28)21(15-29)18(4)13-14-20-16(2)9-7-10-17(20)3/h7-12,19H,6,13-14H2,1-5H3/b21-18+. The molecule has 4 nitrogen and oxygen atoms in total. The van der Waals surface area contributed by atoms with Crippen molar-refractivity contribution in [1.82, 2.24) is 14.8 Å². The smallest absolute Gasteiger partial charge is 0.187 e. The third-order valence-corrected chi connectivity index (χ3v) is 5.98. The molecule has 0 amide bonds. The van der Waals surface area contributed by atoms with Crippen LogP contribution in [0.4, 0.5) is 8.78 Å². The summed E-state index contributed by atoms with van der Waals surface area (Å²) in [5.41, 5.74) is 4.69. The van der Waals surface area contributed by atoms with Crippen LogP contribution < -0.4 is 0 Å². The second-order valence-corrected chi connectivity index (χ2v) is 8.20. The van der Waals surface area contributed by atoms with Crippen LogP contribution in [-0.2, 0) is 6.42 Å². The summed E-state index contributed by atoms with van der Waals surface area (Å²) in [5, 5.41) is 14.4. The Morgan fingerprint density at radius 2 is 1.69 bits per heavy atom. The Morgan fingerprint density at radius 3 is 2.25 bits per heavy atom. The molecule has 0 aliphatic heterocycles. The molecule has 0 aliphatic rings. The third kappa shape index (κ3) is 4.62. The molecule has 3 aromatic rings. The number of hydrogen-bond acceptors (Lipinski definition) is 3. The lowest BCUT2D eigenvalue weighted by Gasteiger charge is -2.14. The fraction of sp³-hybridized carbons (Fsp3) is 0.346. The maximum absolute atomic E-state index is 14.4. The molecule has 1 heterocycles. The van der Waals surface area contributed by atoms with Gasteiger partial charge in [0.25, 0.3) is 0 Å². The van der Waals surface area contributed by atoms with E-state index in [1.54, 1.807) is 4.68 Å². The summed E-state index contributed by atoms with van der Waals surface area (Å²) in [5.74, 6) is -1.16. The highest BCUT2D eigenvalue weighted by atomic mass is 19.1. The van der Waals surface area contributed by atoms with Crippen molar-refractivity contribution in [3.8, 4) is 17.5 Å². The van der Waals surface area contributed by atoms with Crippen LogP contribution >= 0.6 is 0 Å². The molecule has 6 heteroatoms. The second kappa shape index (κ2) is 9.86. The summed E-state index contributed by atoms with van der Waals surface area (Å²) in [6, 6.07) is 12.0. The van der Waals surface area contributed by atoms with E-state index < -0.39 is 11.6 Å². The zero-order valence-electron chi connectivity index (χ0n) is 19.2. The first-order chi connectivity index (χ1) is 15.3. The van der Waals surface area contributed by atoms with E-state index >= 15 is 0 Å². The van der Waals surface area contributed by atoms with Crippen LogP contribution in [-0.4, -0.2) is 14.8 Å². The fourth-order valence-corrected chi connectivity index (χ4v) is 3.81. The van der Waals surface area contributed by atoms with Gasteiger partial charge in [0.2, 0.25) is 0 Å². The van der Waals surface area contributed by atoms with E-state index in [0.29, 0.717) is 17.8 Å². The van der Waals surface area contributed by atoms with Gasteiger partial charge >= 0.3 is 0 Å². The van der Waals surface area contributed by atoms with E-state index in [0.717, 1.165) is 18.4 Å². The lowest BCUT2D eigenvalue weighted by atomic mass is 9.95. The van der Waals surface area contributed by atoms with Crippen molar-refractivity contribution in [3.63, 3.8) is 0 Å². The monoisotopic (exact) mass is 434 g/mol. The van der Waals surface area contributed by atoms with Crippen LogP contribution in [0.25, 0.3) is 17.0 Å². The molecule has 0 N–H and O–H groups in total. The van der Waals surface area contributed by atoms with Crippen LogP contribution in [0.15, 0.2) is 42.0 Å². The van der Waals surface area contributed by atoms with Gasteiger partial charge in [-0.05, 0) is 75.8 Å². The Labute approximate surface area is 188 Å². The molecule has 0 spiro atoms. The van der Waals surface area contributed by atoms with Crippen molar-refractivity contribution in [1.29, 1.82) is 5.26 Å². The van der Waals surface area contributed by atoms with Gasteiger partial charge in [0, 0.05) is 0 Å². The van der Waals surface area contributed by atoms with Gasteiger partial charge in [0.1, 0.15) is 17.7 Å². The molecular weight excluding hydrogens is 406 g/mol. The van der Waals surface area contributed by atoms with Crippen molar-refractivity contribution >= 4 is 5.57 Å². The molecule has 0 fully saturated rings. The number of hydrogen-bond donors (Lipinski definition) is 0. The molecule has 0 saturated heterocycles. The topological polar surface area (TPSA) is 54.5 Å². The number of nitriles is 1. The molecule has 1 unspecified atom stereocenters. The number of rotatable bonds is 7. The molecule has 0 radical (unpaired) electrons. The van der Waals surface area contributed by atoms with E-state index in [1.807, 2.05) is 26.8 Å². The average molecular weight is 435 g/mol. The summed E-state index contributed by atoms with van der Waals surface area (Å²) in [6.07, 6.45) is 2.20. The molecule has 2 aromatic carbocycles. The Balaban J connectivity index is 2.07. The quantitative estimate of drug-likeness (QED) is 0.387. The van der Waals surface area contributed by atoms with E-state index in [2.05, 4.69) is 42.1 Å². The minimum atomic E-state index is -0.730. The van der Waals surface area contributed by atoms with Gasteiger partial charge < -0.3 is 0 Å². The number of aryl methyl sites for hydroxylation is 2. The van der Waals surface area contributed by atoms with Crippen molar-refractivity contribution < 1.29 is 8.78 Å². The van der Waals surface area contributed by atoms with Gasteiger partial charge in [0.05, 0.1) is 17.2 Å². The van der Waals surface area contributed by atoms with Crippen molar-refractivity contribution in [2.75, 3.05) is 0 Å². The fourth-order valence-electron chi connectivity index (χ4n) is 3.81. The third-order valence-electron chi connectivity index (χ3n) is 5.98. The number of nitrogens with zero attached hydrogens (tertiary/aromatic N) is 4. The summed E-state index contributed by atoms with van der Waals surface area (Å²) in [6.45, 7) is 10.0. The summed E-state index contributed by atoms with van der Waals surface area (Å²) >= 11 is 0. The van der Waals surface area contributed by atoms with Crippen molar-refractivity contribution in [3.05, 3.63) is 76.1 Å². The first kappa shape index (κ1) is 23.3. The highest BCUT2D eigenvalue weighted by Gasteiger charge is 2.23. The maximum Gasteiger partial charge on any atom is 0.187 e. The van der Waals surface area contributed by atoms with E-state index in [1.165, 1.54) is 34.9 Å². The van der Waals surface area contributed by atoms with Gasteiger partial charge in [-0.15, -0.1) is 5.10 Å². The summed E-state index contributed by atoms with van der Waals surface area (Å²) in [4.78, 5) is 4.44. The lowest BCUT2D eigenvalue weighted by molar-refractivity contribution is 0.472. The first-order valence-electron chi connectivity index (χ1n) is 10.8. The average Bonchev–Trinajstić information content (AvgIpc) is 3.17. The Bertz CT molecular complexity index is 1160. The molecule has 3 rings (SSSR count). The van der Waals surface area contributed by atoms with E-state index in [9.17, 15) is 14.0 Å². The molecule has 166 valence electrons. The van der Waals surface area contributed by atoms with Gasteiger partial charge in [-0.25, -0.2) is 18.4 Å². The minimum absolute atomic E-state index is 0.0498. The SMILES string of the molecule is CCC(C)n1nc(-c2c(F)cccc2F)nc1/C(C#N)=C(\C)CCc1c(C)cccc1C. The molecule has 32 heavy (non-hydrogen) atoms. The highest BCUT2D eigenvalue weighted by molar-refractivity contribution is 5.76. The van der Waals surface area contributed by atoms with Crippen LogP contribution in [0.2, 0.25) is 0 Å². The minimum Gasteiger partial charge on any atom is -0.242 e. The molecule has 0 aliphatic carbocycles. The first-order valence-corrected chi connectivity index (χ1v) is 10.8. The zero-order valence-corrected chi connectivity index (χ0v) is 19.2. The van der Waals surface area contributed by atoms with Gasteiger partial charge in [-0.2, -0.15) is 5.26 Å². The van der Waals surface area contributed by atoms with Gasteiger partial charge in [-0.1, -0.05) is 36.8 Å². The molecule has 1 aromatic heterocycles.